The number of carbonyl (C=O) groups is 2. The highest BCUT2D eigenvalue weighted by Gasteiger charge is 2.53. The summed E-state index contributed by atoms with van der Waals surface area (Å²) in [6.07, 6.45) is 3.60. The van der Waals surface area contributed by atoms with Gasteiger partial charge in [0.1, 0.15) is 11.9 Å². The van der Waals surface area contributed by atoms with Crippen molar-refractivity contribution >= 4 is 17.8 Å². The van der Waals surface area contributed by atoms with E-state index in [1.807, 2.05) is 38.1 Å². The van der Waals surface area contributed by atoms with Crippen LogP contribution in [0.4, 0.5) is 0 Å². The van der Waals surface area contributed by atoms with Crippen LogP contribution < -0.4 is 0 Å². The lowest BCUT2D eigenvalue weighted by atomic mass is 9.73. The molecule has 2 N–H and O–H groups in total. The van der Waals surface area contributed by atoms with Gasteiger partial charge in [-0.1, -0.05) is 40.2 Å². The SMILES string of the molecule is CC(=Cc1ccccn1)[C@@H]1C[C@H]2O[C@@]2(C)CCC[C@H](C)[C@H](O)[C@@H](C)C(=O)C(C)(C)[C@@H](O)CC(=O)O1. The Kier molecular flexibility index (Phi) is 8.56. The second-order valence-electron chi connectivity index (χ2n) is 11.2. The van der Waals surface area contributed by atoms with Gasteiger partial charge in [0.15, 0.2) is 0 Å². The normalized spacial score (nSPS) is 37.3. The third kappa shape index (κ3) is 6.57. The number of aromatic nitrogens is 1. The molecule has 0 aliphatic carbocycles. The molecule has 3 heterocycles. The summed E-state index contributed by atoms with van der Waals surface area (Å²) >= 11 is 0. The first-order valence-corrected chi connectivity index (χ1v) is 12.7. The van der Waals surface area contributed by atoms with Crippen molar-refractivity contribution in [3.63, 3.8) is 0 Å². The highest BCUT2D eigenvalue weighted by molar-refractivity contribution is 5.88. The topological polar surface area (TPSA) is 109 Å². The smallest absolute Gasteiger partial charge is 0.309 e. The van der Waals surface area contributed by atoms with E-state index < -0.39 is 35.6 Å². The van der Waals surface area contributed by atoms with Crippen LogP contribution in [0.15, 0.2) is 30.0 Å². The molecule has 7 atom stereocenters. The molecule has 1 aromatic rings. The summed E-state index contributed by atoms with van der Waals surface area (Å²) in [5, 5.41) is 21.7. The van der Waals surface area contributed by atoms with Gasteiger partial charge in [0, 0.05) is 18.5 Å². The zero-order valence-corrected chi connectivity index (χ0v) is 21.9. The van der Waals surface area contributed by atoms with Gasteiger partial charge in [0.25, 0.3) is 0 Å². The van der Waals surface area contributed by atoms with E-state index in [1.165, 1.54) is 0 Å². The standard InChI is InChI=1S/C28H41NO6/c1-17-10-9-12-28(6)23(35-28)15-21(18(2)14-20-11-7-8-13-29-20)34-24(31)16-22(30)27(4,5)26(33)19(3)25(17)32/h7-8,11,13-14,17,19,21-23,25,30,32H,9-10,12,15-16H2,1-6H3/t17-,19+,21-,22-,23+,25-,28-/m0/s1. The predicted molar refractivity (Wildman–Crippen MR) is 133 cm³/mol. The minimum atomic E-state index is -1.23. The van der Waals surface area contributed by atoms with Gasteiger partial charge in [0.05, 0.1) is 41.4 Å². The fraction of sp³-hybridized carbons (Fsp3) is 0.679. The van der Waals surface area contributed by atoms with E-state index in [2.05, 4.69) is 11.9 Å². The van der Waals surface area contributed by atoms with Crippen molar-refractivity contribution in [2.24, 2.45) is 17.3 Å². The lowest BCUT2D eigenvalue weighted by Gasteiger charge is -2.34. The number of cyclic esters (lactones) is 1. The van der Waals surface area contributed by atoms with Crippen LogP contribution in [-0.2, 0) is 19.1 Å². The molecule has 0 saturated carbocycles. The van der Waals surface area contributed by atoms with Crippen LogP contribution in [-0.4, -0.2) is 57.0 Å². The number of rotatable bonds is 2. The number of fused-ring (bicyclic) bond motifs is 1. The first-order chi connectivity index (χ1) is 16.3. The molecule has 0 spiro atoms. The van der Waals surface area contributed by atoms with Crippen molar-refractivity contribution in [3.8, 4) is 0 Å². The van der Waals surface area contributed by atoms with Crippen molar-refractivity contribution in [2.75, 3.05) is 0 Å². The van der Waals surface area contributed by atoms with Gasteiger partial charge < -0.3 is 19.7 Å². The Morgan fingerprint density at radius 3 is 2.54 bits per heavy atom. The molecule has 2 fully saturated rings. The van der Waals surface area contributed by atoms with Gasteiger partial charge >= 0.3 is 5.97 Å². The molecule has 3 rings (SSSR count). The molecule has 1 aromatic heterocycles. The summed E-state index contributed by atoms with van der Waals surface area (Å²) in [4.78, 5) is 30.5. The van der Waals surface area contributed by atoms with Crippen molar-refractivity contribution in [1.29, 1.82) is 0 Å². The summed E-state index contributed by atoms with van der Waals surface area (Å²) < 4.78 is 11.9. The maximum absolute atomic E-state index is 13.2. The quantitative estimate of drug-likeness (QED) is 0.477. The van der Waals surface area contributed by atoms with Crippen LogP contribution in [0, 0.1) is 17.3 Å². The van der Waals surface area contributed by atoms with Crippen LogP contribution in [0.5, 0.6) is 0 Å². The summed E-state index contributed by atoms with van der Waals surface area (Å²) in [7, 11) is 0. The van der Waals surface area contributed by atoms with Crippen molar-refractivity contribution in [1.82, 2.24) is 4.98 Å². The van der Waals surface area contributed by atoms with E-state index in [4.69, 9.17) is 9.47 Å². The van der Waals surface area contributed by atoms with Crippen molar-refractivity contribution in [3.05, 3.63) is 35.7 Å². The molecule has 0 unspecified atom stereocenters. The van der Waals surface area contributed by atoms with Crippen LogP contribution >= 0.6 is 0 Å². The van der Waals surface area contributed by atoms with Crippen LogP contribution in [0.3, 0.4) is 0 Å². The molecule has 7 heteroatoms. The van der Waals surface area contributed by atoms with Gasteiger partial charge in [-0.05, 0) is 56.4 Å². The molecule has 2 aliphatic heterocycles. The molecule has 35 heavy (non-hydrogen) atoms. The molecule has 0 amide bonds. The Hall–Kier alpha value is -2.09. The number of carbonyl (C=O) groups excluding carboxylic acids is 2. The number of nitrogens with zero attached hydrogens (tertiary/aromatic N) is 1. The Morgan fingerprint density at radius 2 is 1.89 bits per heavy atom. The average molecular weight is 488 g/mol. The van der Waals surface area contributed by atoms with E-state index in [-0.39, 0.29) is 29.8 Å². The number of aliphatic hydroxyl groups excluding tert-OH is 2. The zero-order chi connectivity index (χ0) is 26.0. The predicted octanol–water partition coefficient (Wildman–Crippen LogP) is 4.11. The van der Waals surface area contributed by atoms with Crippen LogP contribution in [0.1, 0.15) is 79.3 Å². The van der Waals surface area contributed by atoms with Gasteiger partial charge in [-0.25, -0.2) is 0 Å². The van der Waals surface area contributed by atoms with Gasteiger partial charge in [-0.3, -0.25) is 14.6 Å². The number of aliphatic hydroxyl groups is 2. The van der Waals surface area contributed by atoms with Crippen molar-refractivity contribution < 1.29 is 29.3 Å². The number of ketones is 1. The fourth-order valence-electron chi connectivity index (χ4n) is 5.08. The zero-order valence-electron chi connectivity index (χ0n) is 21.9. The minimum absolute atomic E-state index is 0.0533. The summed E-state index contributed by atoms with van der Waals surface area (Å²) in [5.74, 6) is -1.56. The maximum Gasteiger partial charge on any atom is 0.309 e. The monoisotopic (exact) mass is 487 g/mol. The maximum atomic E-state index is 13.2. The summed E-state index contributed by atoms with van der Waals surface area (Å²) in [5.41, 5.74) is 0.0933. The number of hydrogen-bond donors (Lipinski definition) is 2. The molecule has 0 radical (unpaired) electrons. The molecule has 0 bridgehead atoms. The highest BCUT2D eigenvalue weighted by atomic mass is 16.6. The second kappa shape index (κ2) is 10.9. The third-order valence-corrected chi connectivity index (χ3v) is 7.98. The number of Topliss-reactive ketones (excluding diaryl/α,β-unsaturated/α-hetero) is 1. The fourth-order valence-corrected chi connectivity index (χ4v) is 5.08. The van der Waals surface area contributed by atoms with Gasteiger partial charge in [-0.2, -0.15) is 0 Å². The number of pyridine rings is 1. The van der Waals surface area contributed by atoms with Gasteiger partial charge in [-0.15, -0.1) is 0 Å². The van der Waals surface area contributed by atoms with Crippen LogP contribution in [0.25, 0.3) is 6.08 Å². The molecule has 2 saturated heterocycles. The summed E-state index contributed by atoms with van der Waals surface area (Å²) in [6, 6.07) is 5.62. The molecule has 7 nitrogen and oxygen atoms in total. The second-order valence-corrected chi connectivity index (χ2v) is 11.2. The lowest BCUT2D eigenvalue weighted by Crippen LogP contribution is -2.45. The Morgan fingerprint density at radius 1 is 1.17 bits per heavy atom. The number of hydrogen-bond acceptors (Lipinski definition) is 7. The Bertz CT molecular complexity index is 929. The van der Waals surface area contributed by atoms with E-state index >= 15 is 0 Å². The molecule has 0 aromatic carbocycles. The Labute approximate surface area is 208 Å². The first-order valence-electron chi connectivity index (χ1n) is 12.7. The highest BCUT2D eigenvalue weighted by Crippen LogP contribution is 2.45. The third-order valence-electron chi connectivity index (χ3n) is 7.98. The first kappa shape index (κ1) is 27.5. The van der Waals surface area contributed by atoms with Crippen LogP contribution in [0.2, 0.25) is 0 Å². The van der Waals surface area contributed by atoms with E-state index in [0.717, 1.165) is 30.5 Å². The Balaban J connectivity index is 1.86. The largest absolute Gasteiger partial charge is 0.458 e. The molecule has 2 aliphatic rings. The molecular formula is C28H41NO6. The minimum Gasteiger partial charge on any atom is -0.458 e. The van der Waals surface area contributed by atoms with E-state index in [0.29, 0.717) is 6.42 Å². The van der Waals surface area contributed by atoms with E-state index in [1.54, 1.807) is 27.0 Å². The summed E-state index contributed by atoms with van der Waals surface area (Å²) in [6.45, 7) is 10.9. The van der Waals surface area contributed by atoms with Gasteiger partial charge in [0.2, 0.25) is 0 Å². The molecular weight excluding hydrogens is 446 g/mol. The molecule has 194 valence electrons. The number of ether oxygens (including phenoxy) is 2. The number of epoxide rings is 1. The number of esters is 1. The van der Waals surface area contributed by atoms with E-state index in [9.17, 15) is 19.8 Å². The average Bonchev–Trinajstić information content (AvgIpc) is 3.45. The van der Waals surface area contributed by atoms with Crippen molar-refractivity contribution in [2.45, 2.75) is 104 Å². The lowest BCUT2D eigenvalue weighted by molar-refractivity contribution is -0.154.